The maximum Gasteiger partial charge on any atom is 0.340 e. The zero-order chi connectivity index (χ0) is 16.3. The zero-order valence-corrected chi connectivity index (χ0v) is 12.8. The summed E-state index contributed by atoms with van der Waals surface area (Å²) in [6.45, 7) is 0. The van der Waals surface area contributed by atoms with Crippen molar-refractivity contribution in [2.75, 3.05) is 18.5 Å². The van der Waals surface area contributed by atoms with Gasteiger partial charge in [0, 0.05) is 7.05 Å². The van der Waals surface area contributed by atoms with E-state index in [1.165, 1.54) is 31.3 Å². The van der Waals surface area contributed by atoms with Crippen LogP contribution < -0.4 is 4.31 Å². The first-order valence-corrected chi connectivity index (χ1v) is 7.74. The maximum absolute atomic E-state index is 13.9. The zero-order valence-electron chi connectivity index (χ0n) is 12.0. The lowest BCUT2D eigenvalue weighted by molar-refractivity contribution is 0.0595. The highest BCUT2D eigenvalue weighted by Crippen LogP contribution is 2.24. The van der Waals surface area contributed by atoms with Gasteiger partial charge >= 0.3 is 5.97 Å². The van der Waals surface area contributed by atoms with Crippen LogP contribution in [0.2, 0.25) is 0 Å². The first-order chi connectivity index (χ1) is 10.4. The molecule has 116 valence electrons. The molecule has 0 aliphatic heterocycles. The number of carbonyl (C=O) groups is 1. The lowest BCUT2D eigenvalue weighted by atomic mass is 10.2. The van der Waals surface area contributed by atoms with E-state index in [1.54, 1.807) is 18.2 Å². The van der Waals surface area contributed by atoms with Crippen molar-refractivity contribution in [1.29, 1.82) is 0 Å². The minimum absolute atomic E-state index is 0.0925. The Kier molecular flexibility index (Phi) is 4.46. The van der Waals surface area contributed by atoms with Gasteiger partial charge in [-0.2, -0.15) is 0 Å². The van der Waals surface area contributed by atoms with Crippen molar-refractivity contribution >= 4 is 21.7 Å². The Labute approximate surface area is 128 Å². The van der Waals surface area contributed by atoms with E-state index in [4.69, 9.17) is 0 Å². The highest BCUT2D eigenvalue weighted by atomic mass is 32.2. The Hall–Kier alpha value is -2.41. The minimum atomic E-state index is -3.80. The fraction of sp³-hybridized carbons (Fsp3) is 0.133. The summed E-state index contributed by atoms with van der Waals surface area (Å²) in [4.78, 5) is 11.4. The number of esters is 1. The Morgan fingerprint density at radius 2 is 1.77 bits per heavy atom. The van der Waals surface area contributed by atoms with E-state index in [9.17, 15) is 17.6 Å². The summed E-state index contributed by atoms with van der Waals surface area (Å²) in [7, 11) is -1.34. The van der Waals surface area contributed by atoms with E-state index in [1.807, 2.05) is 0 Å². The van der Waals surface area contributed by atoms with Crippen molar-refractivity contribution in [1.82, 2.24) is 0 Å². The highest BCUT2D eigenvalue weighted by Gasteiger charge is 2.22. The van der Waals surface area contributed by atoms with Crippen molar-refractivity contribution in [2.24, 2.45) is 0 Å². The van der Waals surface area contributed by atoms with Crippen LogP contribution in [0.25, 0.3) is 0 Å². The molecule has 0 spiro atoms. The predicted octanol–water partition coefficient (Wildman–Crippen LogP) is 2.44. The SMILES string of the molecule is COC(=O)c1ccc(N(C)S(=O)(=O)c2ccccc2)cc1F. The van der Waals surface area contributed by atoms with Gasteiger partial charge in [-0.3, -0.25) is 4.31 Å². The molecular weight excluding hydrogens is 309 g/mol. The largest absolute Gasteiger partial charge is 0.465 e. The summed E-state index contributed by atoms with van der Waals surface area (Å²) in [5.74, 6) is -1.67. The Morgan fingerprint density at radius 3 is 2.32 bits per heavy atom. The van der Waals surface area contributed by atoms with E-state index in [0.29, 0.717) is 0 Å². The lowest BCUT2D eigenvalue weighted by Crippen LogP contribution is -2.26. The number of rotatable bonds is 4. The van der Waals surface area contributed by atoms with E-state index in [0.717, 1.165) is 17.5 Å². The van der Waals surface area contributed by atoms with Crippen molar-refractivity contribution < 1.29 is 22.3 Å². The van der Waals surface area contributed by atoms with Crippen molar-refractivity contribution in [3.63, 3.8) is 0 Å². The molecule has 0 aromatic heterocycles. The summed E-state index contributed by atoms with van der Waals surface area (Å²) < 4.78 is 44.2. The second-order valence-corrected chi connectivity index (χ2v) is 6.41. The van der Waals surface area contributed by atoms with E-state index >= 15 is 0 Å². The van der Waals surface area contributed by atoms with Crippen LogP contribution in [0.3, 0.4) is 0 Å². The summed E-state index contributed by atoms with van der Waals surface area (Å²) in [6.07, 6.45) is 0. The van der Waals surface area contributed by atoms with E-state index in [-0.39, 0.29) is 16.1 Å². The number of sulfonamides is 1. The topological polar surface area (TPSA) is 63.7 Å². The van der Waals surface area contributed by atoms with Crippen molar-refractivity contribution in [2.45, 2.75) is 4.90 Å². The molecule has 0 N–H and O–H groups in total. The molecule has 5 nitrogen and oxygen atoms in total. The number of carbonyl (C=O) groups excluding carboxylic acids is 1. The van der Waals surface area contributed by atoms with Gasteiger partial charge < -0.3 is 4.74 Å². The van der Waals surface area contributed by atoms with E-state index in [2.05, 4.69) is 4.74 Å². The molecule has 2 rings (SSSR count). The summed E-state index contributed by atoms with van der Waals surface area (Å²) in [5, 5.41) is 0. The Bertz CT molecular complexity index is 790. The number of halogens is 1. The smallest absolute Gasteiger partial charge is 0.340 e. The Balaban J connectivity index is 2.40. The van der Waals surface area contributed by atoms with Crippen LogP contribution in [0.15, 0.2) is 53.4 Å². The molecule has 0 bridgehead atoms. The van der Waals surface area contributed by atoms with Crippen LogP contribution in [0.1, 0.15) is 10.4 Å². The minimum Gasteiger partial charge on any atom is -0.465 e. The number of hydrogen-bond acceptors (Lipinski definition) is 4. The highest BCUT2D eigenvalue weighted by molar-refractivity contribution is 7.92. The molecule has 0 saturated heterocycles. The monoisotopic (exact) mass is 323 g/mol. The molecule has 0 heterocycles. The van der Waals surface area contributed by atoms with Gasteiger partial charge in [0.25, 0.3) is 10.0 Å². The molecule has 7 heteroatoms. The summed E-state index contributed by atoms with van der Waals surface area (Å²) in [6, 6.07) is 11.3. The number of anilines is 1. The fourth-order valence-corrected chi connectivity index (χ4v) is 3.07. The standard InChI is InChI=1S/C15H14FNO4S/c1-17(22(19,20)12-6-4-3-5-7-12)11-8-9-13(14(16)10-11)15(18)21-2/h3-10H,1-2H3. The van der Waals surface area contributed by atoms with Gasteiger partial charge in [0.2, 0.25) is 0 Å². The average molecular weight is 323 g/mol. The molecule has 2 aromatic carbocycles. The second-order valence-electron chi connectivity index (χ2n) is 4.44. The first-order valence-electron chi connectivity index (χ1n) is 6.30. The van der Waals surface area contributed by atoms with Gasteiger partial charge in [-0.05, 0) is 30.3 Å². The normalized spacial score (nSPS) is 11.0. The molecule has 0 aliphatic rings. The molecule has 0 radical (unpaired) electrons. The number of methoxy groups -OCH3 is 1. The quantitative estimate of drug-likeness (QED) is 0.811. The van der Waals surface area contributed by atoms with Crippen molar-refractivity contribution in [3.05, 3.63) is 59.9 Å². The summed E-state index contributed by atoms with van der Waals surface area (Å²) >= 11 is 0. The molecule has 0 amide bonds. The molecule has 0 unspecified atom stereocenters. The van der Waals surface area contributed by atoms with Gasteiger partial charge in [-0.15, -0.1) is 0 Å². The molecule has 22 heavy (non-hydrogen) atoms. The fourth-order valence-electron chi connectivity index (χ4n) is 1.86. The van der Waals surface area contributed by atoms with Gasteiger partial charge in [0.1, 0.15) is 5.82 Å². The molecule has 0 saturated carbocycles. The number of benzene rings is 2. The van der Waals surface area contributed by atoms with Gasteiger partial charge in [-0.1, -0.05) is 18.2 Å². The maximum atomic E-state index is 13.9. The molecule has 0 aliphatic carbocycles. The van der Waals surface area contributed by atoms with Crippen LogP contribution >= 0.6 is 0 Å². The third-order valence-corrected chi connectivity index (χ3v) is 4.92. The van der Waals surface area contributed by atoms with Crippen molar-refractivity contribution in [3.8, 4) is 0 Å². The van der Waals surface area contributed by atoms with E-state index < -0.39 is 21.8 Å². The number of ether oxygens (including phenoxy) is 1. The predicted molar refractivity (Wildman–Crippen MR) is 79.8 cm³/mol. The number of nitrogens with zero attached hydrogens (tertiary/aromatic N) is 1. The Morgan fingerprint density at radius 1 is 1.14 bits per heavy atom. The van der Waals surface area contributed by atoms with Gasteiger partial charge in [-0.25, -0.2) is 17.6 Å². The van der Waals surface area contributed by atoms with Gasteiger partial charge in [0.15, 0.2) is 0 Å². The third kappa shape index (κ3) is 2.94. The van der Waals surface area contributed by atoms with Crippen LogP contribution in [0, 0.1) is 5.82 Å². The number of hydrogen-bond donors (Lipinski definition) is 0. The van der Waals surface area contributed by atoms with Crippen LogP contribution in [0.4, 0.5) is 10.1 Å². The van der Waals surface area contributed by atoms with Crippen LogP contribution in [-0.4, -0.2) is 28.5 Å². The van der Waals surface area contributed by atoms with Gasteiger partial charge in [0.05, 0.1) is 23.3 Å². The van der Waals surface area contributed by atoms with Crippen LogP contribution in [0.5, 0.6) is 0 Å². The first kappa shape index (κ1) is 16.0. The molecular formula is C15H14FNO4S. The lowest BCUT2D eigenvalue weighted by Gasteiger charge is -2.20. The van der Waals surface area contributed by atoms with Crippen LogP contribution in [-0.2, 0) is 14.8 Å². The second kappa shape index (κ2) is 6.15. The summed E-state index contributed by atoms with van der Waals surface area (Å²) in [5.41, 5.74) is -0.147. The molecule has 0 atom stereocenters. The average Bonchev–Trinajstić information content (AvgIpc) is 2.54. The molecule has 0 fully saturated rings. The molecule has 2 aromatic rings. The third-order valence-electron chi connectivity index (χ3n) is 3.12.